The lowest BCUT2D eigenvalue weighted by atomic mass is 9.75. The smallest absolute Gasteiger partial charge is 0.0328 e. The summed E-state index contributed by atoms with van der Waals surface area (Å²) in [5.41, 5.74) is 1.05. The van der Waals surface area contributed by atoms with Crippen molar-refractivity contribution < 1.29 is 0 Å². The highest BCUT2D eigenvalue weighted by molar-refractivity contribution is 4.98. The van der Waals surface area contributed by atoms with Gasteiger partial charge in [0.05, 0.1) is 0 Å². The molecule has 0 aromatic rings. The van der Waals surface area contributed by atoms with Crippen LogP contribution in [0.4, 0.5) is 0 Å². The third-order valence-electron chi connectivity index (χ3n) is 5.53. The number of nitrogens with zero attached hydrogens (tertiary/aromatic N) is 1. The van der Waals surface area contributed by atoms with Gasteiger partial charge in [0.15, 0.2) is 0 Å². The SMILES string of the molecule is CN(C)C1(CNC2CCCC(C)(C)CC2)CCC1. The van der Waals surface area contributed by atoms with Gasteiger partial charge < -0.3 is 10.2 Å². The van der Waals surface area contributed by atoms with E-state index in [1.165, 1.54) is 57.9 Å². The zero-order valence-electron chi connectivity index (χ0n) is 12.9. The number of nitrogens with one attached hydrogen (secondary N) is 1. The maximum atomic E-state index is 3.88. The Balaban J connectivity index is 1.80. The summed E-state index contributed by atoms with van der Waals surface area (Å²) >= 11 is 0. The van der Waals surface area contributed by atoms with Crippen molar-refractivity contribution in [3.05, 3.63) is 0 Å². The summed E-state index contributed by atoms with van der Waals surface area (Å²) in [6.45, 7) is 6.07. The highest BCUT2D eigenvalue weighted by Gasteiger charge is 2.39. The molecule has 18 heavy (non-hydrogen) atoms. The molecule has 0 aromatic heterocycles. The van der Waals surface area contributed by atoms with E-state index < -0.39 is 0 Å². The Morgan fingerprint density at radius 2 is 1.72 bits per heavy atom. The fourth-order valence-electron chi connectivity index (χ4n) is 3.57. The summed E-state index contributed by atoms with van der Waals surface area (Å²) < 4.78 is 0. The van der Waals surface area contributed by atoms with Crippen molar-refractivity contribution in [2.75, 3.05) is 20.6 Å². The molecule has 2 aliphatic carbocycles. The van der Waals surface area contributed by atoms with Crippen molar-refractivity contribution in [1.29, 1.82) is 0 Å². The van der Waals surface area contributed by atoms with Crippen LogP contribution in [0.2, 0.25) is 0 Å². The Bertz CT molecular complexity index is 266. The molecule has 2 fully saturated rings. The predicted octanol–water partition coefficient (Wildman–Crippen LogP) is 3.42. The summed E-state index contributed by atoms with van der Waals surface area (Å²) in [4.78, 5) is 2.45. The first kappa shape index (κ1) is 14.3. The summed E-state index contributed by atoms with van der Waals surface area (Å²) in [5, 5.41) is 3.88. The van der Waals surface area contributed by atoms with E-state index in [0.717, 1.165) is 6.04 Å². The maximum Gasteiger partial charge on any atom is 0.0328 e. The molecule has 2 rings (SSSR count). The van der Waals surface area contributed by atoms with Crippen LogP contribution in [0.1, 0.15) is 65.2 Å². The third-order valence-corrected chi connectivity index (χ3v) is 5.53. The molecule has 2 saturated carbocycles. The van der Waals surface area contributed by atoms with Crippen LogP contribution in [0.3, 0.4) is 0 Å². The summed E-state index contributed by atoms with van der Waals surface area (Å²) in [5.74, 6) is 0. The topological polar surface area (TPSA) is 15.3 Å². The molecule has 106 valence electrons. The quantitative estimate of drug-likeness (QED) is 0.771. The van der Waals surface area contributed by atoms with Gasteiger partial charge in [-0.15, -0.1) is 0 Å². The van der Waals surface area contributed by atoms with E-state index in [9.17, 15) is 0 Å². The van der Waals surface area contributed by atoms with Crippen LogP contribution in [-0.4, -0.2) is 37.1 Å². The molecule has 0 heterocycles. The predicted molar refractivity (Wildman–Crippen MR) is 78.9 cm³/mol. The Kier molecular flexibility index (Phi) is 4.38. The molecule has 2 aliphatic rings. The molecule has 0 aromatic carbocycles. The molecule has 1 atom stereocenters. The maximum absolute atomic E-state index is 3.88. The second-order valence-corrected chi connectivity index (χ2v) is 7.65. The lowest BCUT2D eigenvalue weighted by molar-refractivity contribution is 0.0564. The van der Waals surface area contributed by atoms with Crippen molar-refractivity contribution >= 4 is 0 Å². The molecule has 1 unspecified atom stereocenters. The lowest BCUT2D eigenvalue weighted by Crippen LogP contribution is -2.57. The van der Waals surface area contributed by atoms with Gasteiger partial charge in [-0.05, 0) is 64.5 Å². The highest BCUT2D eigenvalue weighted by Crippen LogP contribution is 2.37. The number of hydrogen-bond acceptors (Lipinski definition) is 2. The van der Waals surface area contributed by atoms with Crippen molar-refractivity contribution in [3.8, 4) is 0 Å². The zero-order valence-corrected chi connectivity index (χ0v) is 12.9. The Labute approximate surface area is 114 Å². The fraction of sp³-hybridized carbons (Fsp3) is 1.00. The normalized spacial score (nSPS) is 30.8. The standard InChI is InChI=1S/C16H32N2/c1-15(2)9-5-7-14(8-12-15)17-13-16(18(3)4)10-6-11-16/h14,17H,5-13H2,1-4H3. The third kappa shape index (κ3) is 3.27. The van der Waals surface area contributed by atoms with E-state index in [1.807, 2.05) is 0 Å². The zero-order chi connectivity index (χ0) is 13.2. The minimum atomic E-state index is 0.474. The van der Waals surface area contributed by atoms with Crippen molar-refractivity contribution in [1.82, 2.24) is 10.2 Å². The highest BCUT2D eigenvalue weighted by atomic mass is 15.2. The first-order valence-electron chi connectivity index (χ1n) is 7.84. The minimum absolute atomic E-state index is 0.474. The van der Waals surface area contributed by atoms with Crippen LogP contribution < -0.4 is 5.32 Å². The summed E-state index contributed by atoms with van der Waals surface area (Å²) in [7, 11) is 4.49. The first-order valence-corrected chi connectivity index (χ1v) is 7.84. The van der Waals surface area contributed by atoms with Crippen molar-refractivity contribution in [3.63, 3.8) is 0 Å². The fourth-order valence-corrected chi connectivity index (χ4v) is 3.57. The number of hydrogen-bond donors (Lipinski definition) is 1. The van der Waals surface area contributed by atoms with Crippen LogP contribution in [-0.2, 0) is 0 Å². The molecule has 0 bridgehead atoms. The van der Waals surface area contributed by atoms with Gasteiger partial charge in [0.2, 0.25) is 0 Å². The van der Waals surface area contributed by atoms with Crippen LogP contribution in [0.15, 0.2) is 0 Å². The van der Waals surface area contributed by atoms with Crippen LogP contribution in [0.25, 0.3) is 0 Å². The van der Waals surface area contributed by atoms with Gasteiger partial charge in [-0.25, -0.2) is 0 Å². The van der Waals surface area contributed by atoms with E-state index in [4.69, 9.17) is 0 Å². The van der Waals surface area contributed by atoms with E-state index in [-0.39, 0.29) is 0 Å². The summed E-state index contributed by atoms with van der Waals surface area (Å²) in [6, 6.07) is 0.768. The second-order valence-electron chi connectivity index (χ2n) is 7.65. The van der Waals surface area contributed by atoms with Gasteiger partial charge in [-0.2, -0.15) is 0 Å². The van der Waals surface area contributed by atoms with Gasteiger partial charge in [0, 0.05) is 18.1 Å². The van der Waals surface area contributed by atoms with Gasteiger partial charge in [-0.1, -0.05) is 20.3 Å². The van der Waals surface area contributed by atoms with E-state index in [1.54, 1.807) is 0 Å². The Morgan fingerprint density at radius 1 is 1.00 bits per heavy atom. The molecule has 0 aliphatic heterocycles. The molecule has 0 saturated heterocycles. The first-order chi connectivity index (χ1) is 8.44. The van der Waals surface area contributed by atoms with E-state index >= 15 is 0 Å². The van der Waals surface area contributed by atoms with Gasteiger partial charge in [0.25, 0.3) is 0 Å². The second kappa shape index (κ2) is 5.50. The van der Waals surface area contributed by atoms with Crippen LogP contribution in [0.5, 0.6) is 0 Å². The van der Waals surface area contributed by atoms with Crippen molar-refractivity contribution in [2.24, 2.45) is 5.41 Å². The molecule has 0 spiro atoms. The van der Waals surface area contributed by atoms with E-state index in [0.29, 0.717) is 11.0 Å². The lowest BCUT2D eigenvalue weighted by Gasteiger charge is -2.48. The average molecular weight is 252 g/mol. The van der Waals surface area contributed by atoms with Crippen LogP contribution >= 0.6 is 0 Å². The number of rotatable bonds is 4. The van der Waals surface area contributed by atoms with Gasteiger partial charge >= 0.3 is 0 Å². The molecule has 0 amide bonds. The van der Waals surface area contributed by atoms with Crippen molar-refractivity contribution in [2.45, 2.75) is 76.8 Å². The minimum Gasteiger partial charge on any atom is -0.312 e. The van der Waals surface area contributed by atoms with Crippen LogP contribution in [0, 0.1) is 5.41 Å². The van der Waals surface area contributed by atoms with E-state index in [2.05, 4.69) is 38.2 Å². The molecule has 1 N–H and O–H groups in total. The molecular formula is C16H32N2. The molecule has 2 heteroatoms. The number of likely N-dealkylation sites (N-methyl/N-ethyl adjacent to an activating group) is 1. The average Bonchev–Trinajstić information content (AvgIpc) is 2.38. The monoisotopic (exact) mass is 252 g/mol. The molecular weight excluding hydrogens is 220 g/mol. The Morgan fingerprint density at radius 3 is 2.28 bits per heavy atom. The largest absolute Gasteiger partial charge is 0.312 e. The van der Waals surface area contributed by atoms with Gasteiger partial charge in [-0.3, -0.25) is 0 Å². The summed E-state index contributed by atoms with van der Waals surface area (Å²) in [6.07, 6.45) is 11.1. The Hall–Kier alpha value is -0.0800. The van der Waals surface area contributed by atoms with Gasteiger partial charge in [0.1, 0.15) is 0 Å². The molecule has 0 radical (unpaired) electrons. The molecule has 2 nitrogen and oxygen atoms in total.